The number of carbonyl (C=O) groups excluding carboxylic acids is 1. The molecule has 0 unspecified atom stereocenters. The second-order valence-corrected chi connectivity index (χ2v) is 7.58. The van der Waals surface area contributed by atoms with Crippen molar-refractivity contribution in [2.24, 2.45) is 0 Å². The molecule has 1 aliphatic rings. The van der Waals surface area contributed by atoms with Gasteiger partial charge in [0.1, 0.15) is 0 Å². The zero-order chi connectivity index (χ0) is 20.1. The van der Waals surface area contributed by atoms with Gasteiger partial charge in [0.2, 0.25) is 0 Å². The number of aromatic nitrogens is 1. The van der Waals surface area contributed by atoms with Crippen LogP contribution >= 0.6 is 0 Å². The Hall–Kier alpha value is -4.11. The minimum atomic E-state index is -0.0639. The molecule has 0 saturated heterocycles. The lowest BCUT2D eigenvalue weighted by atomic mass is 9.98. The van der Waals surface area contributed by atoms with Gasteiger partial charge in [0.05, 0.1) is 5.69 Å². The van der Waals surface area contributed by atoms with Crippen LogP contribution < -0.4 is 5.32 Å². The van der Waals surface area contributed by atoms with Gasteiger partial charge in [-0.05, 0) is 40.6 Å². The highest BCUT2D eigenvalue weighted by molar-refractivity contribution is 6.35. The molecule has 3 heteroatoms. The molecular formula is C27H18N2O. The van der Waals surface area contributed by atoms with Crippen molar-refractivity contribution in [1.82, 2.24) is 4.98 Å². The molecule has 2 N–H and O–H groups in total. The Morgan fingerprint density at radius 1 is 0.733 bits per heavy atom. The molecule has 0 atom stereocenters. The Bertz CT molecular complexity index is 1490. The van der Waals surface area contributed by atoms with E-state index in [2.05, 4.69) is 64.9 Å². The summed E-state index contributed by atoms with van der Waals surface area (Å²) in [6, 6.07) is 30.9. The van der Waals surface area contributed by atoms with Crippen molar-refractivity contribution in [3.8, 4) is 11.3 Å². The molecule has 4 aromatic carbocycles. The molecule has 5 aromatic rings. The van der Waals surface area contributed by atoms with Gasteiger partial charge in [0, 0.05) is 33.3 Å². The lowest BCUT2D eigenvalue weighted by Crippen LogP contribution is -2.03. The molecular weight excluding hydrogens is 368 g/mol. The molecule has 0 fully saturated rings. The van der Waals surface area contributed by atoms with Gasteiger partial charge in [-0.25, -0.2) is 0 Å². The summed E-state index contributed by atoms with van der Waals surface area (Å²) in [6.07, 6.45) is 2.02. The number of aromatic amines is 1. The topological polar surface area (TPSA) is 44.9 Å². The van der Waals surface area contributed by atoms with Crippen molar-refractivity contribution in [3.05, 3.63) is 102 Å². The van der Waals surface area contributed by atoms with E-state index in [0.29, 0.717) is 5.57 Å². The van der Waals surface area contributed by atoms with Crippen LogP contribution in [0, 0.1) is 0 Å². The number of fused-ring (bicyclic) bond motifs is 3. The van der Waals surface area contributed by atoms with Gasteiger partial charge in [-0.1, -0.05) is 72.8 Å². The molecule has 0 bridgehead atoms. The van der Waals surface area contributed by atoms with Crippen molar-refractivity contribution in [2.45, 2.75) is 0 Å². The maximum atomic E-state index is 12.7. The van der Waals surface area contributed by atoms with Crippen molar-refractivity contribution in [3.63, 3.8) is 0 Å². The second kappa shape index (κ2) is 6.46. The van der Waals surface area contributed by atoms with Gasteiger partial charge in [-0.15, -0.1) is 0 Å². The van der Waals surface area contributed by atoms with Crippen LogP contribution in [-0.4, -0.2) is 10.9 Å². The lowest BCUT2D eigenvalue weighted by Gasteiger charge is -2.05. The fraction of sp³-hybridized carbons (Fsp3) is 0. The largest absolute Gasteiger partial charge is 0.354 e. The Kier molecular flexibility index (Phi) is 3.62. The van der Waals surface area contributed by atoms with E-state index in [-0.39, 0.29) is 5.91 Å². The zero-order valence-corrected chi connectivity index (χ0v) is 16.1. The molecule has 0 radical (unpaired) electrons. The van der Waals surface area contributed by atoms with Gasteiger partial charge >= 0.3 is 0 Å². The van der Waals surface area contributed by atoms with Gasteiger partial charge in [-0.2, -0.15) is 0 Å². The first-order valence-corrected chi connectivity index (χ1v) is 10.0. The molecule has 1 aliphatic heterocycles. The molecule has 30 heavy (non-hydrogen) atoms. The number of nitrogens with one attached hydrogen (secondary N) is 2. The summed E-state index contributed by atoms with van der Waals surface area (Å²) in [4.78, 5) is 16.3. The fourth-order valence-electron chi connectivity index (χ4n) is 4.31. The molecule has 6 rings (SSSR count). The molecule has 0 saturated carbocycles. The van der Waals surface area contributed by atoms with E-state index in [4.69, 9.17) is 0 Å². The Morgan fingerprint density at radius 3 is 2.43 bits per heavy atom. The van der Waals surface area contributed by atoms with E-state index in [9.17, 15) is 4.79 Å². The zero-order valence-electron chi connectivity index (χ0n) is 16.1. The molecule has 142 valence electrons. The summed E-state index contributed by atoms with van der Waals surface area (Å²) in [5, 5.41) is 6.48. The third kappa shape index (κ3) is 2.56. The average Bonchev–Trinajstić information content (AvgIpc) is 3.31. The fourth-order valence-corrected chi connectivity index (χ4v) is 4.31. The third-order valence-electron chi connectivity index (χ3n) is 5.78. The summed E-state index contributed by atoms with van der Waals surface area (Å²) in [7, 11) is 0. The van der Waals surface area contributed by atoms with Crippen LogP contribution in [0.2, 0.25) is 0 Å². The molecule has 0 spiro atoms. The van der Waals surface area contributed by atoms with Gasteiger partial charge < -0.3 is 10.3 Å². The van der Waals surface area contributed by atoms with Crippen LogP contribution in [0.1, 0.15) is 11.1 Å². The summed E-state index contributed by atoms with van der Waals surface area (Å²) < 4.78 is 0. The number of amides is 1. The first-order chi connectivity index (χ1) is 14.8. The third-order valence-corrected chi connectivity index (χ3v) is 5.78. The number of para-hydroxylation sites is 2. The van der Waals surface area contributed by atoms with Crippen molar-refractivity contribution < 1.29 is 4.79 Å². The minimum absolute atomic E-state index is 0.0639. The lowest BCUT2D eigenvalue weighted by molar-refractivity contribution is -0.110. The average molecular weight is 386 g/mol. The minimum Gasteiger partial charge on any atom is -0.354 e. The summed E-state index contributed by atoms with van der Waals surface area (Å²) in [5.74, 6) is -0.0639. The highest BCUT2D eigenvalue weighted by Gasteiger charge is 2.24. The summed E-state index contributed by atoms with van der Waals surface area (Å²) in [6.45, 7) is 0. The maximum Gasteiger partial charge on any atom is 0.256 e. The Morgan fingerprint density at radius 2 is 1.50 bits per heavy atom. The van der Waals surface area contributed by atoms with E-state index in [1.807, 2.05) is 42.5 Å². The van der Waals surface area contributed by atoms with E-state index in [1.54, 1.807) is 0 Å². The molecule has 1 amide bonds. The van der Waals surface area contributed by atoms with Crippen LogP contribution in [-0.2, 0) is 4.79 Å². The predicted molar refractivity (Wildman–Crippen MR) is 124 cm³/mol. The van der Waals surface area contributed by atoms with E-state index >= 15 is 0 Å². The smallest absolute Gasteiger partial charge is 0.256 e. The Labute approximate surface area is 173 Å². The first-order valence-electron chi connectivity index (χ1n) is 10.0. The molecule has 2 heterocycles. The van der Waals surface area contributed by atoms with Crippen LogP contribution in [0.25, 0.3) is 44.6 Å². The van der Waals surface area contributed by atoms with Crippen LogP contribution in [0.3, 0.4) is 0 Å². The van der Waals surface area contributed by atoms with Gasteiger partial charge in [0.15, 0.2) is 0 Å². The highest BCUT2D eigenvalue weighted by Crippen LogP contribution is 2.38. The maximum absolute atomic E-state index is 12.7. The number of benzene rings is 4. The Balaban J connectivity index is 1.61. The SMILES string of the molecule is O=C1Nc2ccccc2/C1=C\c1c(-c2ccc3ccccc3c2)[nH]c2ccccc12. The summed E-state index contributed by atoms with van der Waals surface area (Å²) >= 11 is 0. The number of hydrogen-bond donors (Lipinski definition) is 2. The van der Waals surface area contributed by atoms with Crippen molar-refractivity contribution in [2.75, 3.05) is 5.32 Å². The van der Waals surface area contributed by atoms with Gasteiger partial charge in [0.25, 0.3) is 5.91 Å². The highest BCUT2D eigenvalue weighted by atomic mass is 16.2. The van der Waals surface area contributed by atoms with E-state index in [1.165, 1.54) is 10.8 Å². The number of rotatable bonds is 2. The van der Waals surface area contributed by atoms with Crippen LogP contribution in [0.15, 0.2) is 91.0 Å². The second-order valence-electron chi connectivity index (χ2n) is 7.58. The van der Waals surface area contributed by atoms with Gasteiger partial charge in [-0.3, -0.25) is 4.79 Å². The van der Waals surface area contributed by atoms with Crippen molar-refractivity contribution in [1.29, 1.82) is 0 Å². The van der Waals surface area contributed by atoms with Crippen LogP contribution in [0.5, 0.6) is 0 Å². The summed E-state index contributed by atoms with van der Waals surface area (Å²) in [5.41, 5.74) is 6.70. The van der Waals surface area contributed by atoms with E-state index in [0.717, 1.165) is 39.0 Å². The standard InChI is InChI=1S/C27H18N2O/c30-27-23(21-10-4-6-12-25(21)29-27)16-22-20-9-3-5-11-24(20)28-26(22)19-14-13-17-7-1-2-8-18(17)15-19/h1-16,28H,(H,29,30)/b23-16+. The first kappa shape index (κ1) is 16.8. The number of hydrogen-bond acceptors (Lipinski definition) is 1. The van der Waals surface area contributed by atoms with E-state index < -0.39 is 0 Å². The quantitative estimate of drug-likeness (QED) is 0.335. The number of H-pyrrole nitrogens is 1. The number of anilines is 1. The van der Waals surface area contributed by atoms with Crippen molar-refractivity contribution >= 4 is 44.9 Å². The number of carbonyl (C=O) groups is 1. The van der Waals surface area contributed by atoms with Crippen LogP contribution in [0.4, 0.5) is 5.69 Å². The molecule has 3 nitrogen and oxygen atoms in total. The molecule has 0 aliphatic carbocycles. The monoisotopic (exact) mass is 386 g/mol. The molecule has 1 aromatic heterocycles. The predicted octanol–water partition coefficient (Wildman–Crippen LogP) is 6.48. The normalized spacial score (nSPS) is 14.4.